The molecule has 0 unspecified atom stereocenters. The van der Waals surface area contributed by atoms with Gasteiger partial charge in [-0.15, -0.1) is 0 Å². The van der Waals surface area contributed by atoms with Crippen molar-refractivity contribution in [3.8, 4) is 0 Å². The van der Waals surface area contributed by atoms with Gasteiger partial charge >= 0.3 is 7.12 Å². The second-order valence-corrected chi connectivity index (χ2v) is 10.2. The van der Waals surface area contributed by atoms with Gasteiger partial charge in [-0.3, -0.25) is 0 Å². The monoisotopic (exact) mass is 472 g/mol. The van der Waals surface area contributed by atoms with Gasteiger partial charge in [-0.25, -0.2) is 0 Å². The van der Waals surface area contributed by atoms with Crippen LogP contribution in [0, 0.1) is 0 Å². The molecular formula is C26H22BBrO3. The zero-order valence-electron chi connectivity index (χ0n) is 18.0. The Hall–Kier alpha value is -2.34. The van der Waals surface area contributed by atoms with Gasteiger partial charge < -0.3 is 13.7 Å². The standard InChI is InChI=1S/C26H22BBrO3/c1-25(2)26(3,4)31-27(30-25)19-13-21-23(17-11-7-5-9-15(17)19)24-18-12-8-6-10-16(18)20(28)14-22(24)29-21/h5-14H,1-4H3. The van der Waals surface area contributed by atoms with Crippen molar-refractivity contribution in [2.45, 2.75) is 38.9 Å². The smallest absolute Gasteiger partial charge is 0.456 e. The van der Waals surface area contributed by atoms with Crippen molar-refractivity contribution < 1.29 is 13.7 Å². The molecule has 31 heavy (non-hydrogen) atoms. The highest BCUT2D eigenvalue weighted by molar-refractivity contribution is 9.10. The van der Waals surface area contributed by atoms with Crippen molar-refractivity contribution in [2.24, 2.45) is 0 Å². The third-order valence-electron chi connectivity index (χ3n) is 6.98. The fourth-order valence-corrected chi connectivity index (χ4v) is 5.20. The van der Waals surface area contributed by atoms with Crippen LogP contribution >= 0.6 is 15.9 Å². The summed E-state index contributed by atoms with van der Waals surface area (Å²) < 4.78 is 20.2. The zero-order chi connectivity index (χ0) is 21.5. The van der Waals surface area contributed by atoms with E-state index in [4.69, 9.17) is 13.7 Å². The van der Waals surface area contributed by atoms with Gasteiger partial charge in [0, 0.05) is 15.2 Å². The summed E-state index contributed by atoms with van der Waals surface area (Å²) in [6, 6.07) is 21.1. The summed E-state index contributed by atoms with van der Waals surface area (Å²) in [7, 11) is -0.448. The van der Waals surface area contributed by atoms with E-state index >= 15 is 0 Å². The molecule has 1 aliphatic heterocycles. The molecule has 5 aromatic rings. The molecule has 154 valence electrons. The second-order valence-electron chi connectivity index (χ2n) is 9.35. The Labute approximate surface area is 189 Å². The number of rotatable bonds is 1. The summed E-state index contributed by atoms with van der Waals surface area (Å²) >= 11 is 3.72. The predicted molar refractivity (Wildman–Crippen MR) is 132 cm³/mol. The van der Waals surface area contributed by atoms with E-state index in [1.807, 2.05) is 0 Å². The van der Waals surface area contributed by atoms with Crippen molar-refractivity contribution in [3.05, 3.63) is 65.1 Å². The van der Waals surface area contributed by atoms with Crippen LogP contribution in [-0.4, -0.2) is 18.3 Å². The SMILES string of the molecule is CC1(C)OB(c2cc3oc4cc(Br)c5ccccc5c4c3c3ccccc23)OC1(C)C. The predicted octanol–water partition coefficient (Wildman–Crippen LogP) is 6.95. The minimum absolute atomic E-state index is 0.400. The molecule has 1 saturated heterocycles. The summed E-state index contributed by atoms with van der Waals surface area (Å²) in [6.07, 6.45) is 0. The first-order valence-corrected chi connectivity index (χ1v) is 11.4. The average molecular weight is 473 g/mol. The van der Waals surface area contributed by atoms with Gasteiger partial charge in [0.05, 0.1) is 11.2 Å². The van der Waals surface area contributed by atoms with E-state index in [1.165, 1.54) is 10.8 Å². The maximum absolute atomic E-state index is 6.41. The Morgan fingerprint density at radius 2 is 1.16 bits per heavy atom. The van der Waals surface area contributed by atoms with E-state index in [9.17, 15) is 0 Å². The lowest BCUT2D eigenvalue weighted by atomic mass is 9.75. The van der Waals surface area contributed by atoms with Crippen LogP contribution < -0.4 is 5.46 Å². The summed E-state index contributed by atoms with van der Waals surface area (Å²) in [6.45, 7) is 8.33. The minimum atomic E-state index is -0.448. The largest absolute Gasteiger partial charge is 0.495 e. The van der Waals surface area contributed by atoms with Crippen LogP contribution in [0.4, 0.5) is 0 Å². The first-order chi connectivity index (χ1) is 14.8. The molecule has 0 amide bonds. The van der Waals surface area contributed by atoms with E-state index in [0.29, 0.717) is 0 Å². The molecule has 0 atom stereocenters. The molecule has 3 nitrogen and oxygen atoms in total. The number of benzene rings is 4. The maximum atomic E-state index is 6.41. The van der Waals surface area contributed by atoms with E-state index in [0.717, 1.165) is 42.6 Å². The molecule has 5 heteroatoms. The molecule has 0 spiro atoms. The van der Waals surface area contributed by atoms with Crippen molar-refractivity contribution in [3.63, 3.8) is 0 Å². The highest BCUT2D eigenvalue weighted by atomic mass is 79.9. The van der Waals surface area contributed by atoms with Crippen LogP contribution in [0.3, 0.4) is 0 Å². The lowest BCUT2D eigenvalue weighted by Crippen LogP contribution is -2.41. The van der Waals surface area contributed by atoms with Crippen molar-refractivity contribution in [1.82, 2.24) is 0 Å². The lowest BCUT2D eigenvalue weighted by molar-refractivity contribution is 0.00578. The Balaban J connectivity index is 1.72. The third-order valence-corrected chi connectivity index (χ3v) is 7.63. The van der Waals surface area contributed by atoms with Gasteiger partial charge in [-0.2, -0.15) is 0 Å². The van der Waals surface area contributed by atoms with Gasteiger partial charge in [0.15, 0.2) is 0 Å². The molecule has 4 aromatic carbocycles. The van der Waals surface area contributed by atoms with Crippen LogP contribution in [-0.2, 0) is 9.31 Å². The topological polar surface area (TPSA) is 31.6 Å². The summed E-state index contributed by atoms with van der Waals surface area (Å²) in [5, 5.41) is 6.91. The van der Waals surface area contributed by atoms with E-state index in [1.54, 1.807) is 0 Å². The van der Waals surface area contributed by atoms with E-state index in [-0.39, 0.29) is 0 Å². The Bertz CT molecular complexity index is 1500. The Kier molecular flexibility index (Phi) is 3.96. The first kappa shape index (κ1) is 19.4. The van der Waals surface area contributed by atoms with Crippen LogP contribution in [0.15, 0.2) is 69.6 Å². The molecule has 1 aliphatic rings. The summed E-state index contributed by atoms with van der Waals surface area (Å²) in [4.78, 5) is 0. The average Bonchev–Trinajstić information content (AvgIpc) is 3.20. The van der Waals surface area contributed by atoms with Crippen molar-refractivity contribution >= 4 is 72.0 Å². The number of halogens is 1. The second kappa shape index (κ2) is 6.35. The van der Waals surface area contributed by atoms with Crippen molar-refractivity contribution in [1.29, 1.82) is 0 Å². The van der Waals surface area contributed by atoms with Crippen LogP contribution in [0.5, 0.6) is 0 Å². The fourth-order valence-electron chi connectivity index (χ4n) is 4.64. The van der Waals surface area contributed by atoms with Crippen LogP contribution in [0.1, 0.15) is 27.7 Å². The third kappa shape index (κ3) is 2.67. The fraction of sp³-hybridized carbons (Fsp3) is 0.231. The van der Waals surface area contributed by atoms with Gasteiger partial charge in [-0.05, 0) is 66.8 Å². The number of furan rings is 1. The van der Waals surface area contributed by atoms with E-state index < -0.39 is 18.3 Å². The molecule has 0 saturated carbocycles. The number of fused-ring (bicyclic) bond motifs is 7. The molecule has 6 rings (SSSR count). The highest BCUT2D eigenvalue weighted by Crippen LogP contribution is 2.42. The maximum Gasteiger partial charge on any atom is 0.495 e. The molecule has 0 N–H and O–H groups in total. The van der Waals surface area contributed by atoms with Gasteiger partial charge in [0.2, 0.25) is 0 Å². The summed E-state index contributed by atoms with van der Waals surface area (Å²) in [5.74, 6) is 0. The Morgan fingerprint density at radius 3 is 1.77 bits per heavy atom. The molecule has 0 aliphatic carbocycles. The molecule has 0 bridgehead atoms. The normalized spacial score (nSPS) is 18.0. The minimum Gasteiger partial charge on any atom is -0.456 e. The quantitative estimate of drug-likeness (QED) is 0.247. The molecule has 2 heterocycles. The highest BCUT2D eigenvalue weighted by Gasteiger charge is 2.52. The summed E-state index contributed by atoms with van der Waals surface area (Å²) in [5.41, 5.74) is 1.92. The van der Waals surface area contributed by atoms with Gasteiger partial charge in [-0.1, -0.05) is 64.5 Å². The van der Waals surface area contributed by atoms with Crippen molar-refractivity contribution in [2.75, 3.05) is 0 Å². The first-order valence-electron chi connectivity index (χ1n) is 10.6. The number of hydrogen-bond donors (Lipinski definition) is 0. The lowest BCUT2D eigenvalue weighted by Gasteiger charge is -2.32. The number of hydrogen-bond acceptors (Lipinski definition) is 3. The van der Waals surface area contributed by atoms with Crippen LogP contribution in [0.25, 0.3) is 43.5 Å². The van der Waals surface area contributed by atoms with Gasteiger partial charge in [0.25, 0.3) is 0 Å². The molecule has 1 fully saturated rings. The Morgan fingerprint density at radius 1 is 0.677 bits per heavy atom. The van der Waals surface area contributed by atoms with Crippen LogP contribution in [0.2, 0.25) is 0 Å². The molecule has 0 radical (unpaired) electrons. The zero-order valence-corrected chi connectivity index (χ0v) is 19.5. The van der Waals surface area contributed by atoms with E-state index in [2.05, 4.69) is 104 Å². The van der Waals surface area contributed by atoms with Gasteiger partial charge in [0.1, 0.15) is 11.2 Å². The molecular weight excluding hydrogens is 451 g/mol. The molecule has 1 aromatic heterocycles.